The van der Waals surface area contributed by atoms with Gasteiger partial charge < -0.3 is 0 Å². The number of hydrazine groups is 1. The van der Waals surface area contributed by atoms with Crippen LogP contribution in [0.2, 0.25) is 0 Å². The van der Waals surface area contributed by atoms with Crippen LogP contribution < -0.4 is 10.9 Å². The number of nitrogens with two attached hydrogens (primary N) is 1. The van der Waals surface area contributed by atoms with E-state index < -0.39 is 0 Å². The van der Waals surface area contributed by atoms with Gasteiger partial charge in [0.25, 0.3) is 0 Å². The first kappa shape index (κ1) is 19.2. The highest BCUT2D eigenvalue weighted by Crippen LogP contribution is 2.29. The van der Waals surface area contributed by atoms with Crippen molar-refractivity contribution in [1.29, 1.82) is 0 Å². The number of para-hydroxylation sites is 1. The number of unbranched alkanes of at least 4 members (excludes halogenated alkanes) is 6. The van der Waals surface area contributed by atoms with Crippen LogP contribution in [0.3, 0.4) is 0 Å². The summed E-state index contributed by atoms with van der Waals surface area (Å²) in [6.45, 7) is 2.22. The maximum Gasteiger partial charge on any atom is 0.241 e. The Hall–Kier alpha value is -2.13. The van der Waals surface area contributed by atoms with Crippen molar-refractivity contribution in [2.75, 3.05) is 5.01 Å². The minimum absolute atomic E-state index is 0.0167. The third-order valence-corrected chi connectivity index (χ3v) is 4.51. The predicted molar refractivity (Wildman–Crippen MR) is 106 cm³/mol. The SMILES string of the molecule is CCCCCCCCCC(=O)N(N)c1ccccc1-c1ccccc1. The van der Waals surface area contributed by atoms with Gasteiger partial charge in [-0.2, -0.15) is 0 Å². The molecule has 0 saturated heterocycles. The third kappa shape index (κ3) is 6.02. The molecule has 134 valence electrons. The highest BCUT2D eigenvalue weighted by atomic mass is 16.2. The molecule has 2 aromatic rings. The van der Waals surface area contributed by atoms with Crippen LogP contribution in [0.5, 0.6) is 0 Å². The molecule has 0 aliphatic heterocycles. The Morgan fingerprint density at radius 3 is 2.16 bits per heavy atom. The van der Waals surface area contributed by atoms with Gasteiger partial charge in [0.15, 0.2) is 0 Å². The fourth-order valence-corrected chi connectivity index (χ4v) is 3.03. The van der Waals surface area contributed by atoms with E-state index in [4.69, 9.17) is 5.84 Å². The van der Waals surface area contributed by atoms with Crippen molar-refractivity contribution in [2.24, 2.45) is 5.84 Å². The lowest BCUT2D eigenvalue weighted by Gasteiger charge is -2.20. The maximum atomic E-state index is 12.5. The highest BCUT2D eigenvalue weighted by molar-refractivity contribution is 5.96. The Kier molecular flexibility index (Phi) is 8.20. The largest absolute Gasteiger partial charge is 0.273 e. The van der Waals surface area contributed by atoms with Crippen LogP contribution in [0.25, 0.3) is 11.1 Å². The van der Waals surface area contributed by atoms with Crippen molar-refractivity contribution in [2.45, 2.75) is 58.3 Å². The molecule has 2 N–H and O–H groups in total. The molecule has 0 spiro atoms. The molecule has 0 bridgehead atoms. The van der Waals surface area contributed by atoms with Gasteiger partial charge in [0.05, 0.1) is 5.69 Å². The Morgan fingerprint density at radius 1 is 0.840 bits per heavy atom. The second-order valence-electron chi connectivity index (χ2n) is 6.52. The van der Waals surface area contributed by atoms with Gasteiger partial charge in [-0.1, -0.05) is 94.0 Å². The summed E-state index contributed by atoms with van der Waals surface area (Å²) in [4.78, 5) is 12.5. The van der Waals surface area contributed by atoms with Crippen LogP contribution >= 0.6 is 0 Å². The molecule has 2 aromatic carbocycles. The van der Waals surface area contributed by atoms with E-state index in [1.807, 2.05) is 54.6 Å². The lowest BCUT2D eigenvalue weighted by Crippen LogP contribution is -2.37. The van der Waals surface area contributed by atoms with Crippen LogP contribution in [0.1, 0.15) is 58.3 Å². The van der Waals surface area contributed by atoms with Crippen molar-refractivity contribution in [3.8, 4) is 11.1 Å². The van der Waals surface area contributed by atoms with Crippen molar-refractivity contribution in [3.63, 3.8) is 0 Å². The van der Waals surface area contributed by atoms with Crippen molar-refractivity contribution >= 4 is 11.6 Å². The minimum Gasteiger partial charge on any atom is -0.273 e. The first-order valence-corrected chi connectivity index (χ1v) is 9.46. The van der Waals surface area contributed by atoms with Crippen molar-refractivity contribution in [1.82, 2.24) is 0 Å². The average Bonchev–Trinajstić information content (AvgIpc) is 2.67. The second kappa shape index (κ2) is 10.7. The fraction of sp³-hybridized carbons (Fsp3) is 0.409. The molecule has 0 aliphatic carbocycles. The topological polar surface area (TPSA) is 46.3 Å². The standard InChI is InChI=1S/C22H30N2O/c1-2-3-4-5-6-7-11-18-22(25)24(23)21-17-13-12-16-20(21)19-14-9-8-10-15-19/h8-10,12-17H,2-7,11,18,23H2,1H3. The Labute approximate surface area is 151 Å². The zero-order chi connectivity index (χ0) is 17.9. The van der Waals surface area contributed by atoms with Crippen LogP contribution in [-0.4, -0.2) is 5.91 Å². The number of rotatable bonds is 10. The van der Waals surface area contributed by atoms with Crippen molar-refractivity contribution in [3.05, 3.63) is 54.6 Å². The molecule has 3 nitrogen and oxygen atoms in total. The Morgan fingerprint density at radius 2 is 1.44 bits per heavy atom. The van der Waals surface area contributed by atoms with Gasteiger partial charge in [-0.3, -0.25) is 4.79 Å². The molecule has 2 rings (SSSR count). The van der Waals surface area contributed by atoms with Crippen LogP contribution in [0, 0.1) is 0 Å². The quantitative estimate of drug-likeness (QED) is 0.261. The molecule has 0 atom stereocenters. The molecule has 3 heteroatoms. The monoisotopic (exact) mass is 338 g/mol. The molecule has 0 radical (unpaired) electrons. The molecular weight excluding hydrogens is 308 g/mol. The molecule has 0 saturated carbocycles. The molecule has 0 unspecified atom stereocenters. The summed E-state index contributed by atoms with van der Waals surface area (Å²) < 4.78 is 0. The Bertz CT molecular complexity index is 639. The van der Waals surface area contributed by atoms with Gasteiger partial charge in [-0.05, 0) is 18.1 Å². The summed E-state index contributed by atoms with van der Waals surface area (Å²) >= 11 is 0. The van der Waals surface area contributed by atoms with Gasteiger partial charge in [-0.15, -0.1) is 0 Å². The first-order chi connectivity index (χ1) is 12.2. The van der Waals surface area contributed by atoms with Crippen LogP contribution in [-0.2, 0) is 4.79 Å². The van der Waals surface area contributed by atoms with E-state index in [1.54, 1.807) is 0 Å². The maximum absolute atomic E-state index is 12.5. The molecule has 0 heterocycles. The normalized spacial score (nSPS) is 10.6. The van der Waals surface area contributed by atoms with E-state index in [0.29, 0.717) is 6.42 Å². The third-order valence-electron chi connectivity index (χ3n) is 4.51. The summed E-state index contributed by atoms with van der Waals surface area (Å²) in [6.07, 6.45) is 8.87. The number of anilines is 1. The van der Waals surface area contributed by atoms with E-state index >= 15 is 0 Å². The minimum atomic E-state index is -0.0167. The van der Waals surface area contributed by atoms with E-state index in [0.717, 1.165) is 29.7 Å². The second-order valence-corrected chi connectivity index (χ2v) is 6.52. The number of carbonyl (C=O) groups is 1. The molecule has 25 heavy (non-hydrogen) atoms. The summed E-state index contributed by atoms with van der Waals surface area (Å²) in [5, 5.41) is 1.32. The average molecular weight is 338 g/mol. The number of hydrogen-bond acceptors (Lipinski definition) is 2. The van der Waals surface area contributed by atoms with Crippen molar-refractivity contribution < 1.29 is 4.79 Å². The zero-order valence-corrected chi connectivity index (χ0v) is 15.3. The zero-order valence-electron chi connectivity index (χ0n) is 15.3. The van der Waals surface area contributed by atoms with Gasteiger partial charge in [0.1, 0.15) is 0 Å². The van der Waals surface area contributed by atoms with Gasteiger partial charge in [-0.25, -0.2) is 10.9 Å². The van der Waals surface area contributed by atoms with E-state index in [-0.39, 0.29) is 5.91 Å². The highest BCUT2D eigenvalue weighted by Gasteiger charge is 2.15. The number of amides is 1. The predicted octanol–water partition coefficient (Wildman–Crippen LogP) is 5.70. The number of carbonyl (C=O) groups excluding carboxylic acids is 1. The number of benzene rings is 2. The number of hydrogen-bond donors (Lipinski definition) is 1. The van der Waals surface area contributed by atoms with E-state index in [1.165, 1.54) is 37.1 Å². The summed E-state index contributed by atoms with van der Waals surface area (Å²) in [5.41, 5.74) is 2.82. The Balaban J connectivity index is 1.90. The van der Waals surface area contributed by atoms with Crippen LogP contribution in [0.4, 0.5) is 5.69 Å². The molecule has 1 amide bonds. The smallest absolute Gasteiger partial charge is 0.241 e. The fourth-order valence-electron chi connectivity index (χ4n) is 3.03. The van der Waals surface area contributed by atoms with E-state index in [2.05, 4.69) is 6.92 Å². The lowest BCUT2D eigenvalue weighted by atomic mass is 10.0. The van der Waals surface area contributed by atoms with Gasteiger partial charge in [0, 0.05) is 12.0 Å². The van der Waals surface area contributed by atoms with Crippen LogP contribution in [0.15, 0.2) is 54.6 Å². The summed E-state index contributed by atoms with van der Waals surface area (Å²) in [7, 11) is 0. The van der Waals surface area contributed by atoms with Gasteiger partial charge in [0.2, 0.25) is 5.91 Å². The summed E-state index contributed by atoms with van der Waals surface area (Å²) in [6, 6.07) is 17.8. The lowest BCUT2D eigenvalue weighted by molar-refractivity contribution is -0.118. The molecule has 0 aliphatic rings. The molecule has 0 fully saturated rings. The van der Waals surface area contributed by atoms with Gasteiger partial charge >= 0.3 is 0 Å². The van der Waals surface area contributed by atoms with E-state index in [9.17, 15) is 4.79 Å². The molecule has 0 aromatic heterocycles. The summed E-state index contributed by atoms with van der Waals surface area (Å²) in [5.74, 6) is 6.12. The first-order valence-electron chi connectivity index (χ1n) is 9.46. The molecular formula is C22H30N2O. The number of nitrogens with zero attached hydrogens (tertiary/aromatic N) is 1.